The van der Waals surface area contributed by atoms with Gasteiger partial charge in [0.15, 0.2) is 23.0 Å². The van der Waals surface area contributed by atoms with E-state index in [1.54, 1.807) is 18.7 Å². The van der Waals surface area contributed by atoms with Crippen LogP contribution in [0.1, 0.15) is 30.3 Å². The molecule has 0 aliphatic carbocycles. The normalized spacial score (nSPS) is 15.1. The fourth-order valence-electron chi connectivity index (χ4n) is 4.16. The third kappa shape index (κ3) is 5.27. The summed E-state index contributed by atoms with van der Waals surface area (Å²) >= 11 is 6.64. The maximum Gasteiger partial charge on any atom is 0.433 e. The number of nitrogens with zero attached hydrogens (tertiary/aromatic N) is 7. The summed E-state index contributed by atoms with van der Waals surface area (Å²) in [6, 6.07) is 0.531. The topological polar surface area (TPSA) is 143 Å². The highest BCUT2D eigenvalue weighted by Crippen LogP contribution is 2.37. The summed E-state index contributed by atoms with van der Waals surface area (Å²) in [5.74, 6) is 1.08. The largest absolute Gasteiger partial charge is 0.450 e. The molecule has 1 fully saturated rings. The zero-order valence-corrected chi connectivity index (χ0v) is 21.6. The van der Waals surface area contributed by atoms with E-state index in [-0.39, 0.29) is 33.9 Å². The van der Waals surface area contributed by atoms with E-state index in [2.05, 4.69) is 35.7 Å². The van der Waals surface area contributed by atoms with Crippen LogP contribution in [0.25, 0.3) is 16.9 Å². The molecule has 4 aromatic heterocycles. The lowest BCUT2D eigenvalue weighted by Gasteiger charge is -2.24. The first-order chi connectivity index (χ1) is 18.7. The van der Waals surface area contributed by atoms with Crippen LogP contribution in [0.15, 0.2) is 30.9 Å². The number of anilines is 3. The minimum absolute atomic E-state index is 0.0169. The van der Waals surface area contributed by atoms with Crippen LogP contribution < -0.4 is 21.1 Å². The lowest BCUT2D eigenvalue weighted by molar-refractivity contribution is -0.145. The number of aromatic nitrogens is 7. The summed E-state index contributed by atoms with van der Waals surface area (Å²) in [5.41, 5.74) is 5.88. The first-order valence-electron chi connectivity index (χ1n) is 11.8. The zero-order chi connectivity index (χ0) is 27.7. The standard InChI is InChI=1S/C23H24ClF3N10O2/c1-29-18-11-30-13(9-31-18)14(8-28)39-15-10-32-21-20(19(15)24)36(2)22(34-21)33-17-7-16(23(25,26)27)37(35-17)12-3-5-38-6-4-12/h7-12H,3-6,28H2,1-2H3,(H,29,31)(H,32,33,34,35). The summed E-state index contributed by atoms with van der Waals surface area (Å²) in [4.78, 5) is 17.1. The summed E-state index contributed by atoms with van der Waals surface area (Å²) in [5, 5.41) is 10.1. The number of aryl methyl sites for hydroxylation is 1. The number of fused-ring (bicyclic) bond motifs is 1. The van der Waals surface area contributed by atoms with Crippen LogP contribution in [0, 0.1) is 0 Å². The van der Waals surface area contributed by atoms with Crippen molar-refractivity contribution in [3.05, 3.63) is 47.3 Å². The molecule has 1 aliphatic heterocycles. The van der Waals surface area contributed by atoms with E-state index in [9.17, 15) is 13.2 Å². The third-order valence-corrected chi connectivity index (χ3v) is 6.50. The van der Waals surface area contributed by atoms with E-state index in [1.165, 1.54) is 24.8 Å². The van der Waals surface area contributed by atoms with Gasteiger partial charge >= 0.3 is 6.18 Å². The van der Waals surface area contributed by atoms with Crippen LogP contribution >= 0.6 is 11.6 Å². The van der Waals surface area contributed by atoms with Crippen molar-refractivity contribution >= 4 is 46.1 Å². The molecule has 0 aromatic carbocycles. The molecule has 0 unspecified atom stereocenters. The number of nitrogens with one attached hydrogen (secondary N) is 2. The average Bonchev–Trinajstić information content (AvgIpc) is 3.51. The second-order valence-corrected chi connectivity index (χ2v) is 8.98. The molecule has 1 saturated heterocycles. The molecule has 206 valence electrons. The number of pyridine rings is 1. The van der Waals surface area contributed by atoms with Gasteiger partial charge in [0.2, 0.25) is 5.95 Å². The van der Waals surface area contributed by atoms with Crippen LogP contribution in [-0.2, 0) is 18.0 Å². The molecule has 16 heteroatoms. The Morgan fingerprint density at radius 1 is 1.18 bits per heavy atom. The highest BCUT2D eigenvalue weighted by Gasteiger charge is 2.38. The van der Waals surface area contributed by atoms with Gasteiger partial charge in [-0.15, -0.1) is 0 Å². The Balaban J connectivity index is 1.44. The Morgan fingerprint density at radius 2 is 1.95 bits per heavy atom. The summed E-state index contributed by atoms with van der Waals surface area (Å²) in [6.45, 7) is 0.748. The average molecular weight is 565 g/mol. The van der Waals surface area contributed by atoms with E-state index >= 15 is 0 Å². The zero-order valence-electron chi connectivity index (χ0n) is 20.8. The summed E-state index contributed by atoms with van der Waals surface area (Å²) in [7, 11) is 3.35. The number of rotatable bonds is 7. The molecule has 39 heavy (non-hydrogen) atoms. The van der Waals surface area contributed by atoms with Gasteiger partial charge in [0.25, 0.3) is 0 Å². The monoisotopic (exact) mass is 564 g/mol. The van der Waals surface area contributed by atoms with Gasteiger partial charge in [-0.25, -0.2) is 15.0 Å². The van der Waals surface area contributed by atoms with Crippen LogP contribution in [0.3, 0.4) is 0 Å². The lowest BCUT2D eigenvalue weighted by atomic mass is 10.1. The minimum atomic E-state index is -4.58. The van der Waals surface area contributed by atoms with E-state index in [4.69, 9.17) is 26.8 Å². The number of imidazole rings is 1. The molecule has 4 aromatic rings. The smallest absolute Gasteiger partial charge is 0.433 e. The molecular formula is C23H24ClF3N10O2. The SMILES string of the molecule is CNc1cnc(C(=CN)Oc2cnc3nc(Nc4cc(C(F)(F)F)n(C5CCOCC5)n4)n(C)c3c2Cl)cn1. The Hall–Kier alpha value is -4.11. The Morgan fingerprint density at radius 3 is 2.59 bits per heavy atom. The Labute approximate surface area is 225 Å². The summed E-state index contributed by atoms with van der Waals surface area (Å²) in [6.07, 6.45) is 1.85. The molecule has 0 atom stereocenters. The number of hydrogen-bond donors (Lipinski definition) is 3. The fraction of sp³-hybridized carbons (Fsp3) is 0.348. The number of alkyl halides is 3. The van der Waals surface area contributed by atoms with Crippen molar-refractivity contribution in [1.82, 2.24) is 34.3 Å². The molecule has 0 radical (unpaired) electrons. The molecule has 12 nitrogen and oxygen atoms in total. The first kappa shape index (κ1) is 26.5. The molecule has 0 spiro atoms. The maximum absolute atomic E-state index is 13.8. The number of ether oxygens (including phenoxy) is 2. The van der Waals surface area contributed by atoms with Crippen LogP contribution in [0.2, 0.25) is 5.02 Å². The molecule has 0 saturated carbocycles. The van der Waals surface area contributed by atoms with Crippen LogP contribution in [0.4, 0.5) is 30.8 Å². The van der Waals surface area contributed by atoms with E-state index < -0.39 is 17.9 Å². The quantitative estimate of drug-likeness (QED) is 0.281. The predicted octanol–water partition coefficient (Wildman–Crippen LogP) is 4.10. The third-order valence-electron chi connectivity index (χ3n) is 6.14. The molecule has 0 bridgehead atoms. The molecule has 5 heterocycles. The van der Waals surface area contributed by atoms with E-state index in [1.807, 2.05) is 0 Å². The van der Waals surface area contributed by atoms with Gasteiger partial charge in [-0.05, 0) is 12.8 Å². The first-order valence-corrected chi connectivity index (χ1v) is 12.2. The molecule has 0 amide bonds. The second-order valence-electron chi connectivity index (χ2n) is 8.60. The highest BCUT2D eigenvalue weighted by molar-refractivity contribution is 6.36. The minimum Gasteiger partial charge on any atom is -0.450 e. The Bertz CT molecular complexity index is 1510. The maximum atomic E-state index is 13.8. The van der Waals surface area contributed by atoms with Crippen molar-refractivity contribution in [2.45, 2.75) is 25.1 Å². The lowest BCUT2D eigenvalue weighted by Crippen LogP contribution is -2.25. The number of halogens is 4. The molecular weight excluding hydrogens is 541 g/mol. The van der Waals surface area contributed by atoms with Gasteiger partial charge < -0.3 is 30.4 Å². The van der Waals surface area contributed by atoms with Gasteiger partial charge in [-0.1, -0.05) is 11.6 Å². The second kappa shape index (κ2) is 10.6. The fourth-order valence-corrected chi connectivity index (χ4v) is 4.46. The molecule has 4 N–H and O–H groups in total. The van der Waals surface area contributed by atoms with Crippen LogP contribution in [-0.4, -0.2) is 54.5 Å². The van der Waals surface area contributed by atoms with Gasteiger partial charge in [0.05, 0.1) is 24.6 Å². The van der Waals surface area contributed by atoms with Gasteiger partial charge in [0.1, 0.15) is 27.7 Å². The van der Waals surface area contributed by atoms with Crippen molar-refractivity contribution in [2.24, 2.45) is 12.8 Å². The van der Waals surface area contributed by atoms with Crippen molar-refractivity contribution < 1.29 is 22.6 Å². The molecule has 1 aliphatic rings. The number of nitrogens with two attached hydrogens (primary N) is 1. The van der Waals surface area contributed by atoms with Crippen LogP contribution in [0.5, 0.6) is 5.75 Å². The van der Waals surface area contributed by atoms with Crippen molar-refractivity contribution in [2.75, 3.05) is 30.9 Å². The van der Waals surface area contributed by atoms with Gasteiger partial charge in [-0.2, -0.15) is 23.3 Å². The Kier molecular flexibility index (Phi) is 7.18. The van der Waals surface area contributed by atoms with Gasteiger partial charge in [-0.3, -0.25) is 4.68 Å². The van der Waals surface area contributed by atoms with Crippen molar-refractivity contribution in [3.63, 3.8) is 0 Å². The van der Waals surface area contributed by atoms with E-state index in [0.717, 1.165) is 10.7 Å². The summed E-state index contributed by atoms with van der Waals surface area (Å²) < 4.78 is 55.1. The van der Waals surface area contributed by atoms with Gasteiger partial charge in [0, 0.05) is 39.6 Å². The predicted molar refractivity (Wildman–Crippen MR) is 137 cm³/mol. The van der Waals surface area contributed by atoms with E-state index in [0.29, 0.717) is 43.1 Å². The van der Waals surface area contributed by atoms with Crippen molar-refractivity contribution in [1.29, 1.82) is 0 Å². The van der Waals surface area contributed by atoms with Crippen molar-refractivity contribution in [3.8, 4) is 5.75 Å². The molecule has 5 rings (SSSR count). The number of hydrogen-bond acceptors (Lipinski definition) is 10. The highest BCUT2D eigenvalue weighted by atomic mass is 35.5.